The van der Waals surface area contributed by atoms with Crippen molar-refractivity contribution in [1.82, 2.24) is 10.3 Å². The van der Waals surface area contributed by atoms with E-state index < -0.39 is 0 Å². The summed E-state index contributed by atoms with van der Waals surface area (Å²) < 4.78 is 5.64. The third-order valence-corrected chi connectivity index (χ3v) is 3.64. The summed E-state index contributed by atoms with van der Waals surface area (Å²) >= 11 is 0. The number of pyridine rings is 1. The number of hydrogen-bond donors (Lipinski definition) is 2. The van der Waals surface area contributed by atoms with Gasteiger partial charge < -0.3 is 15.4 Å². The predicted molar refractivity (Wildman–Crippen MR) is 85.3 cm³/mol. The molecule has 1 aliphatic heterocycles. The smallest absolute Gasteiger partial charge is 0.257 e. The van der Waals surface area contributed by atoms with Crippen LogP contribution in [0, 0.1) is 13.8 Å². The fraction of sp³-hybridized carbons (Fsp3) is 0.294. The van der Waals surface area contributed by atoms with Gasteiger partial charge in [-0.25, -0.2) is 0 Å². The van der Waals surface area contributed by atoms with E-state index in [-0.39, 0.29) is 5.91 Å². The zero-order chi connectivity index (χ0) is 15.5. The van der Waals surface area contributed by atoms with Gasteiger partial charge in [0, 0.05) is 30.0 Å². The Morgan fingerprint density at radius 1 is 1.27 bits per heavy atom. The number of benzene rings is 1. The molecule has 114 valence electrons. The van der Waals surface area contributed by atoms with E-state index in [0.29, 0.717) is 12.2 Å². The molecule has 1 aromatic heterocycles. The SMILES string of the molecule is Cc1ccc(C(=O)Nc2ccc3c(c2)CNCCO3)c(C)n1. The van der Waals surface area contributed by atoms with Crippen LogP contribution in [0.15, 0.2) is 30.3 Å². The molecule has 5 nitrogen and oxygen atoms in total. The number of amides is 1. The van der Waals surface area contributed by atoms with Crippen molar-refractivity contribution in [3.8, 4) is 5.75 Å². The van der Waals surface area contributed by atoms with E-state index in [1.807, 2.05) is 38.1 Å². The number of nitrogens with zero attached hydrogens (tertiary/aromatic N) is 1. The fourth-order valence-electron chi connectivity index (χ4n) is 2.52. The summed E-state index contributed by atoms with van der Waals surface area (Å²) in [5.74, 6) is 0.726. The van der Waals surface area contributed by atoms with Gasteiger partial charge in [-0.15, -0.1) is 0 Å². The van der Waals surface area contributed by atoms with Crippen molar-refractivity contribution < 1.29 is 9.53 Å². The van der Waals surface area contributed by atoms with Crippen LogP contribution in [0.3, 0.4) is 0 Å². The molecule has 1 amide bonds. The molecule has 5 heteroatoms. The summed E-state index contributed by atoms with van der Waals surface area (Å²) in [6.07, 6.45) is 0. The minimum absolute atomic E-state index is 0.146. The lowest BCUT2D eigenvalue weighted by molar-refractivity contribution is 0.102. The summed E-state index contributed by atoms with van der Waals surface area (Å²) in [7, 11) is 0. The van der Waals surface area contributed by atoms with Crippen molar-refractivity contribution in [3.63, 3.8) is 0 Å². The zero-order valence-electron chi connectivity index (χ0n) is 12.8. The molecule has 0 aliphatic carbocycles. The largest absolute Gasteiger partial charge is 0.492 e. The first-order chi connectivity index (χ1) is 10.6. The molecular weight excluding hydrogens is 278 g/mol. The maximum absolute atomic E-state index is 12.4. The molecule has 2 aromatic rings. The molecule has 0 saturated carbocycles. The predicted octanol–water partition coefficient (Wildman–Crippen LogP) is 2.43. The average molecular weight is 297 g/mol. The molecule has 1 aromatic carbocycles. The monoisotopic (exact) mass is 297 g/mol. The second kappa shape index (κ2) is 6.15. The highest BCUT2D eigenvalue weighted by molar-refractivity contribution is 6.05. The van der Waals surface area contributed by atoms with Crippen LogP contribution in [0.25, 0.3) is 0 Å². The number of ether oxygens (including phenoxy) is 1. The van der Waals surface area contributed by atoms with Crippen LogP contribution in [-0.2, 0) is 6.54 Å². The first-order valence-corrected chi connectivity index (χ1v) is 7.35. The van der Waals surface area contributed by atoms with Gasteiger partial charge in [0.2, 0.25) is 0 Å². The molecule has 0 radical (unpaired) electrons. The third-order valence-electron chi connectivity index (χ3n) is 3.64. The van der Waals surface area contributed by atoms with Crippen LogP contribution in [-0.4, -0.2) is 24.0 Å². The Bertz CT molecular complexity index is 713. The lowest BCUT2D eigenvalue weighted by atomic mass is 10.1. The van der Waals surface area contributed by atoms with Crippen molar-refractivity contribution in [2.75, 3.05) is 18.5 Å². The van der Waals surface area contributed by atoms with E-state index in [0.717, 1.165) is 41.5 Å². The molecule has 3 rings (SSSR count). The molecule has 0 spiro atoms. The van der Waals surface area contributed by atoms with Gasteiger partial charge in [0.05, 0.1) is 11.3 Å². The third kappa shape index (κ3) is 3.09. The molecule has 1 aliphatic rings. The van der Waals surface area contributed by atoms with E-state index in [4.69, 9.17) is 4.74 Å². The van der Waals surface area contributed by atoms with Crippen molar-refractivity contribution >= 4 is 11.6 Å². The highest BCUT2D eigenvalue weighted by Gasteiger charge is 2.13. The summed E-state index contributed by atoms with van der Waals surface area (Å²) in [6, 6.07) is 9.36. The fourth-order valence-corrected chi connectivity index (χ4v) is 2.52. The van der Waals surface area contributed by atoms with Gasteiger partial charge in [0.25, 0.3) is 5.91 Å². The number of nitrogens with one attached hydrogen (secondary N) is 2. The lowest BCUT2D eigenvalue weighted by Gasteiger charge is -2.11. The Kier molecular flexibility index (Phi) is 4.06. The van der Waals surface area contributed by atoms with E-state index in [2.05, 4.69) is 15.6 Å². The van der Waals surface area contributed by atoms with Crippen LogP contribution >= 0.6 is 0 Å². The van der Waals surface area contributed by atoms with Crippen molar-refractivity contribution in [2.24, 2.45) is 0 Å². The number of fused-ring (bicyclic) bond motifs is 1. The van der Waals surface area contributed by atoms with Gasteiger partial charge >= 0.3 is 0 Å². The number of carbonyl (C=O) groups excluding carboxylic acids is 1. The summed E-state index contributed by atoms with van der Waals surface area (Å²) in [5, 5.41) is 6.21. The molecule has 0 unspecified atom stereocenters. The Balaban J connectivity index is 1.80. The molecule has 0 fully saturated rings. The number of aryl methyl sites for hydroxylation is 2. The number of anilines is 1. The maximum atomic E-state index is 12.4. The normalized spacial score (nSPS) is 13.7. The summed E-state index contributed by atoms with van der Waals surface area (Å²) in [6.45, 7) is 5.98. The van der Waals surface area contributed by atoms with Gasteiger partial charge in [-0.2, -0.15) is 0 Å². The highest BCUT2D eigenvalue weighted by Crippen LogP contribution is 2.24. The molecule has 2 N–H and O–H groups in total. The van der Waals surface area contributed by atoms with Crippen LogP contribution < -0.4 is 15.4 Å². The van der Waals surface area contributed by atoms with Crippen LogP contribution in [0.4, 0.5) is 5.69 Å². The van der Waals surface area contributed by atoms with E-state index >= 15 is 0 Å². The standard InChI is InChI=1S/C17H19N3O2/c1-11-3-5-15(12(2)19-11)17(21)20-14-4-6-16-13(9-14)10-18-7-8-22-16/h3-6,9,18H,7-8,10H2,1-2H3,(H,20,21). The minimum Gasteiger partial charge on any atom is -0.492 e. The van der Waals surface area contributed by atoms with Crippen LogP contribution in [0.2, 0.25) is 0 Å². The zero-order valence-corrected chi connectivity index (χ0v) is 12.8. The topological polar surface area (TPSA) is 63.2 Å². The second-order valence-electron chi connectivity index (χ2n) is 5.39. The molecule has 0 saturated heterocycles. The van der Waals surface area contributed by atoms with Gasteiger partial charge in [0.1, 0.15) is 12.4 Å². The van der Waals surface area contributed by atoms with Crippen molar-refractivity contribution in [1.29, 1.82) is 0 Å². The Morgan fingerprint density at radius 3 is 2.95 bits per heavy atom. The van der Waals surface area contributed by atoms with Gasteiger partial charge in [0.15, 0.2) is 0 Å². The summed E-state index contributed by atoms with van der Waals surface area (Å²) in [5.41, 5.74) is 4.04. The van der Waals surface area contributed by atoms with Crippen LogP contribution in [0.5, 0.6) is 5.75 Å². The Labute approximate surface area is 129 Å². The summed E-state index contributed by atoms with van der Waals surface area (Å²) in [4.78, 5) is 16.7. The molecule has 2 heterocycles. The second-order valence-corrected chi connectivity index (χ2v) is 5.39. The van der Waals surface area contributed by atoms with Crippen LogP contribution in [0.1, 0.15) is 27.3 Å². The molecule has 0 bridgehead atoms. The van der Waals surface area contributed by atoms with Gasteiger partial charge in [-0.05, 0) is 44.2 Å². The molecule has 0 atom stereocenters. The average Bonchev–Trinajstić information content (AvgIpc) is 2.71. The van der Waals surface area contributed by atoms with Gasteiger partial charge in [-0.3, -0.25) is 9.78 Å². The Morgan fingerprint density at radius 2 is 2.14 bits per heavy atom. The number of aromatic nitrogens is 1. The molecular formula is C17H19N3O2. The lowest BCUT2D eigenvalue weighted by Crippen LogP contribution is -2.16. The molecule has 22 heavy (non-hydrogen) atoms. The number of carbonyl (C=O) groups is 1. The van der Waals surface area contributed by atoms with E-state index in [1.165, 1.54) is 0 Å². The van der Waals surface area contributed by atoms with Crippen molar-refractivity contribution in [3.05, 3.63) is 52.8 Å². The first kappa shape index (κ1) is 14.5. The van der Waals surface area contributed by atoms with E-state index in [1.54, 1.807) is 6.07 Å². The van der Waals surface area contributed by atoms with E-state index in [9.17, 15) is 4.79 Å². The first-order valence-electron chi connectivity index (χ1n) is 7.35. The number of hydrogen-bond acceptors (Lipinski definition) is 4. The highest BCUT2D eigenvalue weighted by atomic mass is 16.5. The van der Waals surface area contributed by atoms with Crippen molar-refractivity contribution in [2.45, 2.75) is 20.4 Å². The quantitative estimate of drug-likeness (QED) is 0.893. The number of rotatable bonds is 2. The Hall–Kier alpha value is -2.40. The van der Waals surface area contributed by atoms with Gasteiger partial charge in [-0.1, -0.05) is 0 Å². The maximum Gasteiger partial charge on any atom is 0.257 e. The minimum atomic E-state index is -0.146.